The van der Waals surface area contributed by atoms with Crippen LogP contribution in [-0.4, -0.2) is 70.4 Å². The van der Waals surface area contributed by atoms with E-state index in [0.717, 1.165) is 6.42 Å². The molecule has 1 saturated heterocycles. The molecule has 112 valence electrons. The molecule has 1 fully saturated rings. The van der Waals surface area contributed by atoms with E-state index in [1.165, 1.54) is 22.7 Å². The van der Waals surface area contributed by atoms with E-state index in [1.807, 2.05) is 0 Å². The molecule has 7 nitrogen and oxygen atoms in total. The summed E-state index contributed by atoms with van der Waals surface area (Å²) >= 11 is 0. The molecule has 19 heavy (non-hydrogen) atoms. The standard InChI is InChI=1S/C11H23N3O4S/c1-13(2)19(16,17)14-7-4-5-10(9-14)11(15)12-6-8-18-3/h10H,4-9H2,1-3H3,(H,12,15)/t10-/m1/s1. The lowest BCUT2D eigenvalue weighted by molar-refractivity contribution is -0.126. The van der Waals surface area contributed by atoms with Crippen LogP contribution < -0.4 is 5.32 Å². The molecule has 0 radical (unpaired) electrons. The molecule has 1 N–H and O–H groups in total. The number of hydrogen-bond donors (Lipinski definition) is 1. The Labute approximate surface area is 115 Å². The van der Waals surface area contributed by atoms with Crippen LogP contribution in [0.15, 0.2) is 0 Å². The second-order valence-corrected chi connectivity index (χ2v) is 6.91. The molecule has 0 aromatic rings. The lowest BCUT2D eigenvalue weighted by Crippen LogP contribution is -2.49. The van der Waals surface area contributed by atoms with Crippen molar-refractivity contribution in [2.24, 2.45) is 5.92 Å². The van der Waals surface area contributed by atoms with Crippen LogP contribution in [0.1, 0.15) is 12.8 Å². The van der Waals surface area contributed by atoms with Gasteiger partial charge in [-0.2, -0.15) is 17.0 Å². The zero-order chi connectivity index (χ0) is 14.5. The van der Waals surface area contributed by atoms with Crippen molar-refractivity contribution in [2.75, 3.05) is 47.4 Å². The fourth-order valence-electron chi connectivity index (χ4n) is 2.02. The van der Waals surface area contributed by atoms with E-state index < -0.39 is 10.2 Å². The largest absolute Gasteiger partial charge is 0.383 e. The zero-order valence-electron chi connectivity index (χ0n) is 11.8. The van der Waals surface area contributed by atoms with Crippen LogP contribution in [0.5, 0.6) is 0 Å². The minimum atomic E-state index is -3.43. The average Bonchev–Trinajstić information content (AvgIpc) is 2.39. The Hall–Kier alpha value is -0.700. The highest BCUT2D eigenvalue weighted by Crippen LogP contribution is 2.20. The third kappa shape index (κ3) is 4.41. The molecule has 0 bridgehead atoms. The molecular formula is C11H23N3O4S. The van der Waals surface area contributed by atoms with Crippen molar-refractivity contribution in [1.82, 2.24) is 13.9 Å². The molecule has 1 heterocycles. The van der Waals surface area contributed by atoms with Gasteiger partial charge in [-0.1, -0.05) is 0 Å². The quantitative estimate of drug-likeness (QED) is 0.655. The number of carbonyl (C=O) groups is 1. The van der Waals surface area contributed by atoms with Crippen LogP contribution in [0.4, 0.5) is 0 Å². The lowest BCUT2D eigenvalue weighted by Gasteiger charge is -2.32. The predicted molar refractivity (Wildman–Crippen MR) is 71.8 cm³/mol. The van der Waals surface area contributed by atoms with E-state index >= 15 is 0 Å². The SMILES string of the molecule is COCCNC(=O)[C@@H]1CCCN(S(=O)(=O)N(C)C)C1. The minimum Gasteiger partial charge on any atom is -0.383 e. The number of rotatable bonds is 6. The van der Waals surface area contributed by atoms with Gasteiger partial charge < -0.3 is 10.1 Å². The second-order valence-electron chi connectivity index (χ2n) is 4.77. The molecule has 0 aromatic carbocycles. The Balaban J connectivity index is 2.57. The number of ether oxygens (including phenoxy) is 1. The van der Waals surface area contributed by atoms with Crippen molar-refractivity contribution in [1.29, 1.82) is 0 Å². The van der Waals surface area contributed by atoms with E-state index in [4.69, 9.17) is 4.74 Å². The summed E-state index contributed by atoms with van der Waals surface area (Å²) in [6.07, 6.45) is 1.42. The molecule has 0 unspecified atom stereocenters. The maximum Gasteiger partial charge on any atom is 0.281 e. The Kier molecular flexibility index (Phi) is 6.18. The zero-order valence-corrected chi connectivity index (χ0v) is 12.6. The fourth-order valence-corrected chi connectivity index (χ4v) is 3.21. The highest BCUT2D eigenvalue weighted by molar-refractivity contribution is 7.86. The third-order valence-corrected chi connectivity index (χ3v) is 5.06. The van der Waals surface area contributed by atoms with Gasteiger partial charge in [0.15, 0.2) is 0 Å². The number of nitrogens with zero attached hydrogens (tertiary/aromatic N) is 2. The first-order chi connectivity index (χ1) is 8.89. The van der Waals surface area contributed by atoms with Crippen LogP contribution in [0, 0.1) is 5.92 Å². The molecule has 0 aromatic heterocycles. The van der Waals surface area contributed by atoms with Crippen molar-refractivity contribution < 1.29 is 17.9 Å². The summed E-state index contributed by atoms with van der Waals surface area (Å²) in [6, 6.07) is 0. The minimum absolute atomic E-state index is 0.101. The van der Waals surface area contributed by atoms with E-state index in [-0.39, 0.29) is 18.4 Å². The van der Waals surface area contributed by atoms with E-state index in [2.05, 4.69) is 5.32 Å². The smallest absolute Gasteiger partial charge is 0.281 e. The topological polar surface area (TPSA) is 79.0 Å². The van der Waals surface area contributed by atoms with Crippen molar-refractivity contribution in [3.8, 4) is 0 Å². The maximum atomic E-state index is 12.0. The third-order valence-electron chi connectivity index (χ3n) is 3.15. The van der Waals surface area contributed by atoms with Crippen molar-refractivity contribution in [2.45, 2.75) is 12.8 Å². The van der Waals surface area contributed by atoms with Crippen LogP contribution in [0.3, 0.4) is 0 Å². The van der Waals surface area contributed by atoms with Crippen LogP contribution in [0.25, 0.3) is 0 Å². The molecule has 0 spiro atoms. The maximum absolute atomic E-state index is 12.0. The van der Waals surface area contributed by atoms with Gasteiger partial charge in [-0.05, 0) is 12.8 Å². The first kappa shape index (κ1) is 16.4. The summed E-state index contributed by atoms with van der Waals surface area (Å²) in [7, 11) is 1.13. The number of amides is 1. The molecule has 1 atom stereocenters. The highest BCUT2D eigenvalue weighted by atomic mass is 32.2. The van der Waals surface area contributed by atoms with Gasteiger partial charge in [0.05, 0.1) is 12.5 Å². The first-order valence-corrected chi connectivity index (χ1v) is 7.73. The number of hydrogen-bond acceptors (Lipinski definition) is 4. The van der Waals surface area contributed by atoms with Crippen molar-refractivity contribution >= 4 is 16.1 Å². The Morgan fingerprint density at radius 2 is 2.16 bits per heavy atom. The molecule has 1 rings (SSSR count). The van der Waals surface area contributed by atoms with Crippen LogP contribution in [-0.2, 0) is 19.7 Å². The van der Waals surface area contributed by atoms with E-state index in [9.17, 15) is 13.2 Å². The van der Waals surface area contributed by atoms with Gasteiger partial charge in [0.2, 0.25) is 5.91 Å². The van der Waals surface area contributed by atoms with Crippen molar-refractivity contribution in [3.05, 3.63) is 0 Å². The summed E-state index contributed by atoms with van der Waals surface area (Å²) in [4.78, 5) is 11.9. The Bertz CT molecular complexity index is 397. The van der Waals surface area contributed by atoms with Crippen LogP contribution in [0.2, 0.25) is 0 Å². The summed E-state index contributed by atoms with van der Waals surface area (Å²) in [5, 5.41) is 2.76. The summed E-state index contributed by atoms with van der Waals surface area (Å²) < 4.78 is 31.4. The van der Waals surface area contributed by atoms with Gasteiger partial charge in [0.25, 0.3) is 10.2 Å². The van der Waals surface area contributed by atoms with E-state index in [0.29, 0.717) is 26.1 Å². The van der Waals surface area contributed by atoms with Gasteiger partial charge in [-0.25, -0.2) is 0 Å². The number of nitrogens with one attached hydrogen (secondary N) is 1. The van der Waals surface area contributed by atoms with Gasteiger partial charge in [0.1, 0.15) is 0 Å². The van der Waals surface area contributed by atoms with Crippen LogP contribution >= 0.6 is 0 Å². The Morgan fingerprint density at radius 1 is 1.47 bits per heavy atom. The molecule has 1 aliphatic heterocycles. The Morgan fingerprint density at radius 3 is 2.74 bits per heavy atom. The molecule has 1 amide bonds. The monoisotopic (exact) mass is 293 g/mol. The van der Waals surface area contributed by atoms with E-state index in [1.54, 1.807) is 7.11 Å². The molecule has 0 aliphatic carbocycles. The second kappa shape index (κ2) is 7.18. The predicted octanol–water partition coefficient (Wildman–Crippen LogP) is -0.733. The van der Waals surface area contributed by atoms with Gasteiger partial charge in [-0.3, -0.25) is 4.79 Å². The summed E-state index contributed by atoms with van der Waals surface area (Å²) in [6.45, 7) is 1.63. The average molecular weight is 293 g/mol. The molecule has 1 aliphatic rings. The highest BCUT2D eigenvalue weighted by Gasteiger charge is 2.33. The molecule has 0 saturated carbocycles. The normalized spacial score (nSPS) is 21.6. The van der Waals surface area contributed by atoms with Gasteiger partial charge in [0, 0.05) is 40.8 Å². The fraction of sp³-hybridized carbons (Fsp3) is 0.909. The number of methoxy groups -OCH3 is 1. The molecule has 8 heteroatoms. The van der Waals surface area contributed by atoms with Crippen molar-refractivity contribution in [3.63, 3.8) is 0 Å². The van der Waals surface area contributed by atoms with Gasteiger partial charge >= 0.3 is 0 Å². The summed E-state index contributed by atoms with van der Waals surface area (Å²) in [5.41, 5.74) is 0. The summed E-state index contributed by atoms with van der Waals surface area (Å²) in [5.74, 6) is -0.379. The number of carbonyl (C=O) groups excluding carboxylic acids is 1. The number of piperidine rings is 1. The lowest BCUT2D eigenvalue weighted by atomic mass is 9.99. The molecular weight excluding hydrogens is 270 g/mol. The first-order valence-electron chi connectivity index (χ1n) is 6.34. The van der Waals surface area contributed by atoms with Gasteiger partial charge in [-0.15, -0.1) is 0 Å².